The van der Waals surface area contributed by atoms with Crippen molar-refractivity contribution < 1.29 is 4.74 Å². The molecule has 1 aliphatic carbocycles. The van der Waals surface area contributed by atoms with Crippen LogP contribution < -0.4 is 0 Å². The lowest BCUT2D eigenvalue weighted by molar-refractivity contribution is 0.223. The van der Waals surface area contributed by atoms with Gasteiger partial charge in [0.25, 0.3) is 0 Å². The molecule has 0 aromatic rings. The third-order valence-corrected chi connectivity index (χ3v) is 2.34. The van der Waals surface area contributed by atoms with E-state index in [4.69, 9.17) is 16.3 Å². The van der Waals surface area contributed by atoms with Gasteiger partial charge >= 0.3 is 0 Å². The van der Waals surface area contributed by atoms with Gasteiger partial charge in [0.2, 0.25) is 0 Å². The van der Waals surface area contributed by atoms with E-state index in [0.29, 0.717) is 5.22 Å². The molecule has 0 N–H and O–H groups in total. The SMILES string of the molecule is CCCCOC(Cl)=C1CCC1. The summed E-state index contributed by atoms with van der Waals surface area (Å²) in [6, 6.07) is 0. The Morgan fingerprint density at radius 2 is 2.27 bits per heavy atom. The Morgan fingerprint density at radius 3 is 2.73 bits per heavy atom. The molecule has 0 unspecified atom stereocenters. The third kappa shape index (κ3) is 2.74. The van der Waals surface area contributed by atoms with Gasteiger partial charge < -0.3 is 4.74 Å². The monoisotopic (exact) mass is 174 g/mol. The average molecular weight is 175 g/mol. The second-order valence-electron chi connectivity index (χ2n) is 2.93. The molecule has 1 saturated carbocycles. The van der Waals surface area contributed by atoms with Gasteiger partial charge in [-0.05, 0) is 42.9 Å². The normalized spacial score (nSPS) is 16.0. The molecule has 0 atom stereocenters. The van der Waals surface area contributed by atoms with Crippen molar-refractivity contribution in [2.75, 3.05) is 6.61 Å². The summed E-state index contributed by atoms with van der Waals surface area (Å²) in [6.45, 7) is 2.92. The number of unbranched alkanes of at least 4 members (excludes halogenated alkanes) is 1. The molecule has 0 bridgehead atoms. The second-order valence-corrected chi connectivity index (χ2v) is 3.28. The highest BCUT2D eigenvalue weighted by atomic mass is 35.5. The highest BCUT2D eigenvalue weighted by molar-refractivity contribution is 6.28. The van der Waals surface area contributed by atoms with E-state index >= 15 is 0 Å². The molecule has 1 nitrogen and oxygen atoms in total. The first-order valence-corrected chi connectivity index (χ1v) is 4.72. The lowest BCUT2D eigenvalue weighted by atomic mass is 9.94. The Hall–Kier alpha value is -0.170. The van der Waals surface area contributed by atoms with E-state index in [9.17, 15) is 0 Å². The smallest absolute Gasteiger partial charge is 0.185 e. The largest absolute Gasteiger partial charge is 0.483 e. The molecule has 0 radical (unpaired) electrons. The minimum atomic E-state index is 0.671. The molecule has 0 amide bonds. The fourth-order valence-electron chi connectivity index (χ4n) is 0.958. The van der Waals surface area contributed by atoms with E-state index < -0.39 is 0 Å². The predicted octanol–water partition coefficient (Wildman–Crippen LogP) is 3.44. The molecule has 0 spiro atoms. The van der Waals surface area contributed by atoms with Crippen LogP contribution in [-0.2, 0) is 4.74 Å². The zero-order valence-corrected chi connectivity index (χ0v) is 7.78. The molecule has 1 aliphatic rings. The lowest BCUT2D eigenvalue weighted by Crippen LogP contribution is -2.02. The van der Waals surface area contributed by atoms with Crippen molar-refractivity contribution in [3.63, 3.8) is 0 Å². The molecule has 1 fully saturated rings. The summed E-state index contributed by atoms with van der Waals surface area (Å²) in [5.74, 6) is 0. The quantitative estimate of drug-likeness (QED) is 0.469. The summed E-state index contributed by atoms with van der Waals surface area (Å²) in [7, 11) is 0. The lowest BCUT2D eigenvalue weighted by Gasteiger charge is -2.18. The van der Waals surface area contributed by atoms with Gasteiger partial charge in [-0.2, -0.15) is 0 Å². The molecule has 11 heavy (non-hydrogen) atoms. The van der Waals surface area contributed by atoms with E-state index in [2.05, 4.69) is 6.92 Å². The zero-order chi connectivity index (χ0) is 8.10. The molecule has 0 saturated heterocycles. The minimum Gasteiger partial charge on any atom is -0.483 e. The fourth-order valence-corrected chi connectivity index (χ4v) is 1.22. The standard InChI is InChI=1S/C9H15ClO/c1-2-3-7-11-9(10)8-5-4-6-8/h2-7H2,1H3. The summed E-state index contributed by atoms with van der Waals surface area (Å²) < 4.78 is 5.33. The summed E-state index contributed by atoms with van der Waals surface area (Å²) in [5, 5.41) is 0.671. The van der Waals surface area contributed by atoms with Crippen LogP contribution in [0.25, 0.3) is 0 Å². The maximum Gasteiger partial charge on any atom is 0.185 e. The first-order chi connectivity index (χ1) is 5.34. The van der Waals surface area contributed by atoms with Crippen LogP contribution >= 0.6 is 11.6 Å². The van der Waals surface area contributed by atoms with Crippen LogP contribution in [0.4, 0.5) is 0 Å². The van der Waals surface area contributed by atoms with Gasteiger partial charge in [0, 0.05) is 0 Å². The first-order valence-electron chi connectivity index (χ1n) is 4.35. The van der Waals surface area contributed by atoms with Crippen molar-refractivity contribution in [1.82, 2.24) is 0 Å². The topological polar surface area (TPSA) is 9.23 Å². The predicted molar refractivity (Wildman–Crippen MR) is 47.6 cm³/mol. The molecule has 2 heteroatoms. The number of hydrogen-bond donors (Lipinski definition) is 0. The van der Waals surface area contributed by atoms with Crippen molar-refractivity contribution in [3.8, 4) is 0 Å². The van der Waals surface area contributed by atoms with Gasteiger partial charge in [-0.1, -0.05) is 13.3 Å². The summed E-state index contributed by atoms with van der Waals surface area (Å²) in [5.41, 5.74) is 1.31. The Morgan fingerprint density at radius 1 is 1.55 bits per heavy atom. The van der Waals surface area contributed by atoms with Crippen molar-refractivity contribution in [2.45, 2.75) is 39.0 Å². The molecule has 0 heterocycles. The van der Waals surface area contributed by atoms with Crippen molar-refractivity contribution in [3.05, 3.63) is 10.8 Å². The van der Waals surface area contributed by atoms with Crippen LogP contribution in [0.3, 0.4) is 0 Å². The maximum absolute atomic E-state index is 5.88. The van der Waals surface area contributed by atoms with E-state index in [1.54, 1.807) is 0 Å². The Kier molecular flexibility index (Phi) is 3.78. The highest BCUT2D eigenvalue weighted by Gasteiger charge is 2.13. The fraction of sp³-hybridized carbons (Fsp3) is 0.778. The second kappa shape index (κ2) is 4.66. The van der Waals surface area contributed by atoms with Crippen LogP contribution in [0.2, 0.25) is 0 Å². The van der Waals surface area contributed by atoms with Crippen LogP contribution in [0, 0.1) is 0 Å². The molecular formula is C9H15ClO. The number of ether oxygens (including phenoxy) is 1. The number of rotatable bonds is 4. The Balaban J connectivity index is 2.14. The maximum atomic E-state index is 5.88. The van der Waals surface area contributed by atoms with E-state index in [-0.39, 0.29) is 0 Å². The highest BCUT2D eigenvalue weighted by Crippen LogP contribution is 2.30. The van der Waals surface area contributed by atoms with Gasteiger partial charge in [0.15, 0.2) is 5.22 Å². The van der Waals surface area contributed by atoms with E-state index in [1.165, 1.54) is 18.4 Å². The Labute approximate surface area is 73.4 Å². The van der Waals surface area contributed by atoms with Crippen molar-refractivity contribution in [1.29, 1.82) is 0 Å². The number of hydrogen-bond acceptors (Lipinski definition) is 1. The van der Waals surface area contributed by atoms with Crippen LogP contribution in [0.15, 0.2) is 10.8 Å². The van der Waals surface area contributed by atoms with Gasteiger partial charge in [-0.3, -0.25) is 0 Å². The van der Waals surface area contributed by atoms with Crippen LogP contribution in [0.5, 0.6) is 0 Å². The molecule has 64 valence electrons. The van der Waals surface area contributed by atoms with Crippen LogP contribution in [-0.4, -0.2) is 6.61 Å². The number of halogens is 1. The summed E-state index contributed by atoms with van der Waals surface area (Å²) in [4.78, 5) is 0. The van der Waals surface area contributed by atoms with Gasteiger partial charge in [-0.15, -0.1) is 0 Å². The first kappa shape index (κ1) is 8.92. The van der Waals surface area contributed by atoms with Gasteiger partial charge in [0.1, 0.15) is 0 Å². The van der Waals surface area contributed by atoms with Crippen LogP contribution in [0.1, 0.15) is 39.0 Å². The Bertz CT molecular complexity index is 146. The van der Waals surface area contributed by atoms with Gasteiger partial charge in [-0.25, -0.2) is 0 Å². The van der Waals surface area contributed by atoms with E-state index in [1.807, 2.05) is 0 Å². The molecular weight excluding hydrogens is 160 g/mol. The molecule has 0 aromatic heterocycles. The van der Waals surface area contributed by atoms with Gasteiger partial charge in [0.05, 0.1) is 6.61 Å². The average Bonchev–Trinajstić information content (AvgIpc) is 1.84. The summed E-state index contributed by atoms with van der Waals surface area (Å²) in [6.07, 6.45) is 5.83. The molecule has 1 rings (SSSR count). The third-order valence-electron chi connectivity index (χ3n) is 1.96. The minimum absolute atomic E-state index is 0.671. The number of allylic oxidation sites excluding steroid dienone is 1. The van der Waals surface area contributed by atoms with E-state index in [0.717, 1.165) is 25.9 Å². The molecule has 0 aliphatic heterocycles. The zero-order valence-electron chi connectivity index (χ0n) is 7.03. The summed E-state index contributed by atoms with van der Waals surface area (Å²) >= 11 is 5.88. The van der Waals surface area contributed by atoms with Crippen molar-refractivity contribution >= 4 is 11.6 Å². The van der Waals surface area contributed by atoms with Crippen molar-refractivity contribution in [2.24, 2.45) is 0 Å². The molecule has 0 aromatic carbocycles.